The first-order valence-electron chi connectivity index (χ1n) is 7.67. The molecule has 0 aromatic heterocycles. The lowest BCUT2D eigenvalue weighted by Crippen LogP contribution is -1.94. The summed E-state index contributed by atoms with van der Waals surface area (Å²) in [6, 6.07) is 22.3. The molecule has 0 atom stereocenters. The van der Waals surface area contributed by atoms with Crippen molar-refractivity contribution in [2.24, 2.45) is 0 Å². The maximum absolute atomic E-state index is 9.47. The van der Waals surface area contributed by atoms with Gasteiger partial charge < -0.3 is 14.9 Å². The maximum atomic E-state index is 9.47. The first kappa shape index (κ1) is 15.7. The van der Waals surface area contributed by atoms with Crippen LogP contribution in [0.5, 0.6) is 17.2 Å². The Bertz CT molecular complexity index is 801. The fourth-order valence-corrected chi connectivity index (χ4v) is 2.32. The molecule has 0 aliphatic heterocycles. The molecule has 0 fully saturated rings. The van der Waals surface area contributed by atoms with Crippen LogP contribution in [0.4, 0.5) is 0 Å². The van der Waals surface area contributed by atoms with Gasteiger partial charge >= 0.3 is 0 Å². The second-order valence-corrected chi connectivity index (χ2v) is 5.46. The van der Waals surface area contributed by atoms with Gasteiger partial charge in [0, 0.05) is 6.07 Å². The number of phenols is 2. The molecule has 120 valence electrons. The molecule has 3 nitrogen and oxygen atoms in total. The van der Waals surface area contributed by atoms with Crippen molar-refractivity contribution in [2.75, 3.05) is 0 Å². The normalized spacial score (nSPS) is 10.8. The molecule has 0 bridgehead atoms. The lowest BCUT2D eigenvalue weighted by atomic mass is 10.1. The topological polar surface area (TPSA) is 49.7 Å². The van der Waals surface area contributed by atoms with Gasteiger partial charge in [-0.2, -0.15) is 0 Å². The largest absolute Gasteiger partial charge is 0.508 e. The van der Waals surface area contributed by atoms with Gasteiger partial charge in [-0.05, 0) is 41.0 Å². The van der Waals surface area contributed by atoms with Crippen molar-refractivity contribution in [1.82, 2.24) is 0 Å². The number of hydrogen-bond acceptors (Lipinski definition) is 3. The summed E-state index contributed by atoms with van der Waals surface area (Å²) in [5, 5.41) is 18.9. The number of aromatic hydroxyl groups is 2. The highest BCUT2D eigenvalue weighted by molar-refractivity contribution is 5.71. The number of benzene rings is 3. The minimum absolute atomic E-state index is 0.0410. The van der Waals surface area contributed by atoms with Crippen LogP contribution in [0.1, 0.15) is 16.7 Å². The van der Waals surface area contributed by atoms with Gasteiger partial charge in [-0.15, -0.1) is 0 Å². The molecule has 3 aromatic rings. The van der Waals surface area contributed by atoms with Gasteiger partial charge in [-0.3, -0.25) is 0 Å². The number of phenolic OH excluding ortho intramolecular Hbond substituents is 2. The predicted molar refractivity (Wildman–Crippen MR) is 95.9 cm³/mol. The molecule has 24 heavy (non-hydrogen) atoms. The maximum Gasteiger partial charge on any atom is 0.119 e. The van der Waals surface area contributed by atoms with E-state index in [1.807, 2.05) is 66.7 Å². The summed E-state index contributed by atoms with van der Waals surface area (Å²) in [6.07, 6.45) is 3.74. The number of hydrogen-bond donors (Lipinski definition) is 2. The Morgan fingerprint density at radius 2 is 1.33 bits per heavy atom. The van der Waals surface area contributed by atoms with Crippen LogP contribution in [0.15, 0.2) is 72.8 Å². The summed E-state index contributed by atoms with van der Waals surface area (Å²) >= 11 is 0. The molecule has 0 saturated heterocycles. The molecule has 3 heteroatoms. The predicted octanol–water partition coefficient (Wildman–Crippen LogP) is 4.85. The smallest absolute Gasteiger partial charge is 0.119 e. The summed E-state index contributed by atoms with van der Waals surface area (Å²) in [4.78, 5) is 0. The Morgan fingerprint density at radius 1 is 0.708 bits per heavy atom. The summed E-state index contributed by atoms with van der Waals surface area (Å²) in [7, 11) is 0. The highest BCUT2D eigenvalue weighted by Crippen LogP contribution is 2.22. The Hall–Kier alpha value is -3.20. The van der Waals surface area contributed by atoms with Gasteiger partial charge in [0.15, 0.2) is 0 Å². The lowest BCUT2D eigenvalue weighted by molar-refractivity contribution is 0.306. The molecule has 3 aromatic carbocycles. The van der Waals surface area contributed by atoms with Crippen LogP contribution in [-0.2, 0) is 6.61 Å². The van der Waals surface area contributed by atoms with Gasteiger partial charge in [-0.1, -0.05) is 54.6 Å². The number of ether oxygens (including phenoxy) is 1. The summed E-state index contributed by atoms with van der Waals surface area (Å²) in [6.45, 7) is 0.540. The molecule has 3 rings (SSSR count). The molecule has 0 aliphatic carbocycles. The van der Waals surface area contributed by atoms with E-state index in [4.69, 9.17) is 4.74 Å². The van der Waals surface area contributed by atoms with E-state index in [-0.39, 0.29) is 11.5 Å². The van der Waals surface area contributed by atoms with Gasteiger partial charge in [0.05, 0.1) is 0 Å². The van der Waals surface area contributed by atoms with Crippen LogP contribution >= 0.6 is 0 Å². The zero-order chi connectivity index (χ0) is 16.8. The third-order valence-corrected chi connectivity index (χ3v) is 3.52. The van der Waals surface area contributed by atoms with Crippen LogP contribution in [-0.4, -0.2) is 10.2 Å². The van der Waals surface area contributed by atoms with Crippen molar-refractivity contribution in [2.45, 2.75) is 6.61 Å². The van der Waals surface area contributed by atoms with Crippen molar-refractivity contribution in [1.29, 1.82) is 0 Å². The standard InChI is InChI=1S/C21H18O3/c22-19-12-18(13-20(23)14-19)7-6-16-8-10-21(11-9-16)24-15-17-4-2-1-3-5-17/h1-14,22-23H,15H2/b7-6+. The molecule has 0 heterocycles. The first-order chi connectivity index (χ1) is 11.7. The second kappa shape index (κ2) is 7.38. The highest BCUT2D eigenvalue weighted by atomic mass is 16.5. The van der Waals surface area contributed by atoms with Crippen molar-refractivity contribution < 1.29 is 14.9 Å². The van der Waals surface area contributed by atoms with Crippen LogP contribution in [0.2, 0.25) is 0 Å². The fraction of sp³-hybridized carbons (Fsp3) is 0.0476. The van der Waals surface area contributed by atoms with E-state index in [1.54, 1.807) is 12.1 Å². The first-order valence-corrected chi connectivity index (χ1v) is 7.67. The monoisotopic (exact) mass is 318 g/mol. The zero-order valence-electron chi connectivity index (χ0n) is 13.1. The van der Waals surface area contributed by atoms with Crippen molar-refractivity contribution in [3.05, 3.63) is 89.5 Å². The Morgan fingerprint density at radius 3 is 2.00 bits per heavy atom. The summed E-state index contributed by atoms with van der Waals surface area (Å²) < 4.78 is 5.75. The van der Waals surface area contributed by atoms with Crippen molar-refractivity contribution in [3.63, 3.8) is 0 Å². The third kappa shape index (κ3) is 4.40. The van der Waals surface area contributed by atoms with Crippen LogP contribution in [0.3, 0.4) is 0 Å². The minimum atomic E-state index is 0.0410. The second-order valence-electron chi connectivity index (χ2n) is 5.46. The molecule has 0 aliphatic rings. The zero-order valence-corrected chi connectivity index (χ0v) is 13.1. The van der Waals surface area contributed by atoms with Gasteiger partial charge in [0.25, 0.3) is 0 Å². The van der Waals surface area contributed by atoms with Crippen LogP contribution in [0.25, 0.3) is 12.2 Å². The molecule has 0 saturated carbocycles. The molecule has 0 radical (unpaired) electrons. The lowest BCUT2D eigenvalue weighted by Gasteiger charge is -2.06. The van der Waals surface area contributed by atoms with E-state index in [1.165, 1.54) is 6.07 Å². The SMILES string of the molecule is Oc1cc(O)cc(/C=C/c2ccc(OCc3ccccc3)cc2)c1. The summed E-state index contributed by atoms with van der Waals surface area (Å²) in [5.41, 5.74) is 2.87. The molecule has 0 spiro atoms. The van der Waals surface area contributed by atoms with Crippen molar-refractivity contribution in [3.8, 4) is 17.2 Å². The van der Waals surface area contributed by atoms with E-state index >= 15 is 0 Å². The third-order valence-electron chi connectivity index (χ3n) is 3.52. The van der Waals surface area contributed by atoms with E-state index in [9.17, 15) is 10.2 Å². The molecule has 2 N–H and O–H groups in total. The fourth-order valence-electron chi connectivity index (χ4n) is 2.32. The van der Waals surface area contributed by atoms with Crippen LogP contribution in [0, 0.1) is 0 Å². The average Bonchev–Trinajstić information content (AvgIpc) is 2.59. The highest BCUT2D eigenvalue weighted by Gasteiger charge is 1.97. The summed E-state index contributed by atoms with van der Waals surface area (Å²) in [5.74, 6) is 0.893. The van der Waals surface area contributed by atoms with Gasteiger partial charge in [-0.25, -0.2) is 0 Å². The van der Waals surface area contributed by atoms with Crippen molar-refractivity contribution >= 4 is 12.2 Å². The molecule has 0 unspecified atom stereocenters. The van der Waals surface area contributed by atoms with E-state index < -0.39 is 0 Å². The molecule has 0 amide bonds. The Labute approximate surface area is 141 Å². The van der Waals surface area contributed by atoms with E-state index in [0.717, 1.165) is 22.4 Å². The van der Waals surface area contributed by atoms with E-state index in [0.29, 0.717) is 6.61 Å². The Balaban J connectivity index is 1.62. The van der Waals surface area contributed by atoms with Crippen LogP contribution < -0.4 is 4.74 Å². The van der Waals surface area contributed by atoms with Gasteiger partial charge in [0.2, 0.25) is 0 Å². The number of rotatable bonds is 5. The average molecular weight is 318 g/mol. The molecular weight excluding hydrogens is 300 g/mol. The quantitative estimate of drug-likeness (QED) is 0.661. The van der Waals surface area contributed by atoms with Gasteiger partial charge in [0.1, 0.15) is 23.9 Å². The Kier molecular flexibility index (Phi) is 4.82. The molecular formula is C21H18O3. The van der Waals surface area contributed by atoms with E-state index in [2.05, 4.69) is 0 Å². The minimum Gasteiger partial charge on any atom is -0.508 e.